The van der Waals surface area contributed by atoms with Gasteiger partial charge in [0.2, 0.25) is 5.91 Å². The Balaban J connectivity index is 1.70. The third-order valence-corrected chi connectivity index (χ3v) is 4.92. The van der Waals surface area contributed by atoms with E-state index in [-0.39, 0.29) is 18.0 Å². The summed E-state index contributed by atoms with van der Waals surface area (Å²) < 4.78 is 20.3. The lowest BCUT2D eigenvalue weighted by Crippen LogP contribution is -2.47. The molecule has 1 aromatic rings. The minimum atomic E-state index is -0.505. The van der Waals surface area contributed by atoms with Crippen LogP contribution in [0.1, 0.15) is 20.8 Å². The Morgan fingerprint density at radius 1 is 1.48 bits per heavy atom. The van der Waals surface area contributed by atoms with E-state index in [1.165, 1.54) is 13.0 Å². The van der Waals surface area contributed by atoms with Crippen LogP contribution in [0.15, 0.2) is 23.3 Å². The molecule has 0 aliphatic carbocycles. The lowest BCUT2D eigenvalue weighted by Gasteiger charge is -2.37. The third-order valence-electron chi connectivity index (χ3n) is 4.92. The average Bonchev–Trinajstić information content (AvgIpc) is 3.07. The minimum absolute atomic E-state index is 0.0702. The smallest absolute Gasteiger partial charge is 0.289 e. The van der Waals surface area contributed by atoms with Crippen LogP contribution in [0, 0.1) is 23.6 Å². The number of hydrazone groups is 1. The molecule has 2 N–H and O–H groups in total. The van der Waals surface area contributed by atoms with E-state index in [9.17, 15) is 9.18 Å². The highest BCUT2D eigenvalue weighted by molar-refractivity contribution is 5.92. The standard InChI is InChI=1S/C20H25FN6O2/c1-5-20(3,4)27-9-8-25(13-24-27)18-7-6-15(10-17(18)21)26-12-16(29-19(26)22)11-23-14(2)28/h1,6-7,10,13,16,22H,8-9,11-12H2,2-4H3,(H,23,28). The summed E-state index contributed by atoms with van der Waals surface area (Å²) in [6.07, 6.45) is 6.77. The Labute approximate surface area is 169 Å². The number of nitrogens with zero attached hydrogens (tertiary/aromatic N) is 4. The summed E-state index contributed by atoms with van der Waals surface area (Å²) in [6, 6.07) is 4.70. The fourth-order valence-corrected chi connectivity index (χ4v) is 3.15. The minimum Gasteiger partial charge on any atom is -0.458 e. The maximum absolute atomic E-state index is 14.8. The summed E-state index contributed by atoms with van der Waals surface area (Å²) in [4.78, 5) is 14.3. The maximum Gasteiger partial charge on any atom is 0.289 e. The van der Waals surface area contributed by atoms with Crippen LogP contribution in [-0.2, 0) is 9.53 Å². The third kappa shape index (κ3) is 4.42. The molecule has 1 aromatic carbocycles. The predicted molar refractivity (Wildman–Crippen MR) is 110 cm³/mol. The van der Waals surface area contributed by atoms with Crippen LogP contribution in [0.25, 0.3) is 0 Å². The molecule has 0 aromatic heterocycles. The zero-order chi connectivity index (χ0) is 21.2. The number of benzene rings is 1. The van der Waals surface area contributed by atoms with Crippen LogP contribution in [-0.4, -0.2) is 61.1 Å². The molecule has 2 aliphatic heterocycles. The molecule has 29 heavy (non-hydrogen) atoms. The number of anilines is 2. The average molecular weight is 400 g/mol. The van der Waals surface area contributed by atoms with Crippen molar-refractivity contribution in [1.82, 2.24) is 10.3 Å². The summed E-state index contributed by atoms with van der Waals surface area (Å²) in [6.45, 7) is 7.01. The second-order valence-corrected chi connectivity index (χ2v) is 7.48. The van der Waals surface area contributed by atoms with Gasteiger partial charge in [-0.15, -0.1) is 6.42 Å². The Hall–Kier alpha value is -3.28. The molecule has 0 spiro atoms. The summed E-state index contributed by atoms with van der Waals surface area (Å²) in [5.41, 5.74) is 0.414. The molecule has 1 fully saturated rings. The zero-order valence-electron chi connectivity index (χ0n) is 16.8. The number of amides is 1. The van der Waals surface area contributed by atoms with E-state index in [0.717, 1.165) is 0 Å². The Morgan fingerprint density at radius 3 is 2.83 bits per heavy atom. The number of carbonyl (C=O) groups is 1. The van der Waals surface area contributed by atoms with Crippen LogP contribution in [0.4, 0.5) is 15.8 Å². The highest BCUT2D eigenvalue weighted by Crippen LogP contribution is 2.28. The Kier molecular flexibility index (Phi) is 5.64. The Bertz CT molecular complexity index is 878. The van der Waals surface area contributed by atoms with Crippen LogP contribution < -0.4 is 15.1 Å². The number of carbonyl (C=O) groups excluding carboxylic acids is 1. The topological polar surface area (TPSA) is 84.3 Å². The van der Waals surface area contributed by atoms with Crippen LogP contribution in [0.2, 0.25) is 0 Å². The number of halogens is 1. The number of nitrogens with one attached hydrogen (secondary N) is 2. The van der Waals surface area contributed by atoms with Crippen molar-refractivity contribution in [2.24, 2.45) is 5.10 Å². The largest absolute Gasteiger partial charge is 0.458 e. The molecular formula is C20H25FN6O2. The normalized spacial score (nSPS) is 19.2. The molecule has 0 bridgehead atoms. The molecule has 0 saturated carbocycles. The Morgan fingerprint density at radius 2 is 2.24 bits per heavy atom. The van der Waals surface area contributed by atoms with Crippen LogP contribution in [0.3, 0.4) is 0 Å². The van der Waals surface area contributed by atoms with Gasteiger partial charge in [-0.1, -0.05) is 5.92 Å². The summed E-state index contributed by atoms with van der Waals surface area (Å²) in [5.74, 6) is 2.11. The van der Waals surface area contributed by atoms with Crippen molar-refractivity contribution in [2.45, 2.75) is 32.4 Å². The van der Waals surface area contributed by atoms with Crippen LogP contribution >= 0.6 is 0 Å². The number of terminal acetylenes is 1. The highest BCUT2D eigenvalue weighted by atomic mass is 19.1. The van der Waals surface area contributed by atoms with Gasteiger partial charge >= 0.3 is 0 Å². The van der Waals surface area contributed by atoms with Gasteiger partial charge in [0.15, 0.2) is 0 Å². The molecule has 3 rings (SSSR count). The second kappa shape index (κ2) is 7.99. The molecule has 154 valence electrons. The zero-order valence-corrected chi connectivity index (χ0v) is 16.8. The van der Waals surface area contributed by atoms with Gasteiger partial charge in [-0.2, -0.15) is 5.10 Å². The number of amidine groups is 1. The summed E-state index contributed by atoms with van der Waals surface area (Å²) in [7, 11) is 0. The molecule has 2 aliphatic rings. The van der Waals surface area contributed by atoms with E-state index in [1.807, 2.05) is 13.8 Å². The van der Waals surface area contributed by atoms with Gasteiger partial charge in [0, 0.05) is 19.2 Å². The van der Waals surface area contributed by atoms with E-state index in [0.29, 0.717) is 37.6 Å². The summed E-state index contributed by atoms with van der Waals surface area (Å²) in [5, 5.41) is 16.8. The fraction of sp³-hybridized carbons (Fsp3) is 0.450. The van der Waals surface area contributed by atoms with Gasteiger partial charge in [0.05, 0.1) is 25.3 Å². The molecule has 1 atom stereocenters. The van der Waals surface area contributed by atoms with Crippen molar-refractivity contribution in [2.75, 3.05) is 36.0 Å². The molecule has 1 saturated heterocycles. The maximum atomic E-state index is 14.8. The molecular weight excluding hydrogens is 375 g/mol. The van der Waals surface area contributed by atoms with E-state index in [4.69, 9.17) is 16.6 Å². The van der Waals surface area contributed by atoms with Crippen molar-refractivity contribution in [3.8, 4) is 12.3 Å². The number of ether oxygens (including phenoxy) is 1. The SMILES string of the molecule is C#CC(C)(C)N1CCN(c2ccc(N3CC(CNC(C)=O)OC3=N)cc2F)C=N1. The van der Waals surface area contributed by atoms with Gasteiger partial charge < -0.3 is 15.0 Å². The first-order valence-corrected chi connectivity index (χ1v) is 9.34. The second-order valence-electron chi connectivity index (χ2n) is 7.48. The summed E-state index contributed by atoms with van der Waals surface area (Å²) >= 11 is 0. The molecule has 0 radical (unpaired) electrons. The van der Waals surface area contributed by atoms with Gasteiger partial charge in [0.25, 0.3) is 6.02 Å². The molecule has 1 unspecified atom stereocenters. The van der Waals surface area contributed by atoms with Gasteiger partial charge in [-0.3, -0.25) is 20.1 Å². The quantitative estimate of drug-likeness (QED) is 0.733. The first-order valence-electron chi connectivity index (χ1n) is 9.34. The van der Waals surface area contributed by atoms with Crippen LogP contribution in [0.5, 0.6) is 0 Å². The van der Waals surface area contributed by atoms with E-state index in [1.54, 1.807) is 33.3 Å². The lowest BCUT2D eigenvalue weighted by molar-refractivity contribution is -0.119. The molecule has 9 heteroatoms. The van der Waals surface area contributed by atoms with Crippen molar-refractivity contribution >= 4 is 29.6 Å². The van der Waals surface area contributed by atoms with E-state index < -0.39 is 11.4 Å². The first kappa shape index (κ1) is 20.5. The van der Waals surface area contributed by atoms with Crippen molar-refractivity contribution < 1.29 is 13.9 Å². The van der Waals surface area contributed by atoms with Crippen molar-refractivity contribution in [3.05, 3.63) is 24.0 Å². The number of hydrogen-bond donors (Lipinski definition) is 2. The fourth-order valence-electron chi connectivity index (χ4n) is 3.15. The lowest BCUT2D eigenvalue weighted by atomic mass is 10.1. The molecule has 2 heterocycles. The molecule has 8 nitrogen and oxygen atoms in total. The van der Waals surface area contributed by atoms with Crippen molar-refractivity contribution in [3.63, 3.8) is 0 Å². The van der Waals surface area contributed by atoms with E-state index in [2.05, 4.69) is 16.3 Å². The number of rotatable bonds is 5. The highest BCUT2D eigenvalue weighted by Gasteiger charge is 2.31. The van der Waals surface area contributed by atoms with Crippen molar-refractivity contribution in [1.29, 1.82) is 5.41 Å². The first-order chi connectivity index (χ1) is 13.7. The van der Waals surface area contributed by atoms with Gasteiger partial charge in [0.1, 0.15) is 23.8 Å². The van der Waals surface area contributed by atoms with Gasteiger partial charge in [-0.05, 0) is 32.0 Å². The predicted octanol–water partition coefficient (Wildman–Crippen LogP) is 1.58. The number of hydrogen-bond acceptors (Lipinski definition) is 6. The van der Waals surface area contributed by atoms with E-state index >= 15 is 0 Å². The monoisotopic (exact) mass is 400 g/mol. The molecule has 1 amide bonds. The van der Waals surface area contributed by atoms with Gasteiger partial charge in [-0.25, -0.2) is 4.39 Å².